The minimum atomic E-state index is 0.266. The molecule has 13 heavy (non-hydrogen) atoms. The van der Waals surface area contributed by atoms with Gasteiger partial charge >= 0.3 is 0 Å². The Labute approximate surface area is 83.6 Å². The third-order valence-electron chi connectivity index (χ3n) is 1.99. The zero-order valence-electron chi connectivity index (χ0n) is 7.66. The molecular weight excluding hydrogens is 186 g/mol. The molecule has 0 aliphatic rings. The summed E-state index contributed by atoms with van der Waals surface area (Å²) in [7, 11) is 1.68. The zero-order valence-corrected chi connectivity index (χ0v) is 8.42. The van der Waals surface area contributed by atoms with E-state index in [4.69, 9.17) is 22.1 Å². The Kier molecular flexibility index (Phi) is 4.22. The smallest absolute Gasteiger partial charge is 0.0543 e. The van der Waals surface area contributed by atoms with Crippen LogP contribution < -0.4 is 5.73 Å². The molecule has 0 saturated heterocycles. The molecule has 1 atom stereocenters. The SMILES string of the molecule is COCC(CN)c1ccc(Cl)cc1. The molecule has 2 nitrogen and oxygen atoms in total. The van der Waals surface area contributed by atoms with Gasteiger partial charge in [0.1, 0.15) is 0 Å². The average Bonchev–Trinajstić information content (AvgIpc) is 2.16. The standard InChI is InChI=1S/C10H14ClNO/c1-13-7-9(6-12)8-2-4-10(11)5-3-8/h2-5,9H,6-7,12H2,1H3. The highest BCUT2D eigenvalue weighted by Gasteiger charge is 2.08. The first-order valence-corrected chi connectivity index (χ1v) is 4.60. The fourth-order valence-electron chi connectivity index (χ4n) is 1.24. The first-order valence-electron chi connectivity index (χ1n) is 4.22. The van der Waals surface area contributed by atoms with Crippen LogP contribution in [0.1, 0.15) is 11.5 Å². The molecule has 0 radical (unpaired) electrons. The highest BCUT2D eigenvalue weighted by molar-refractivity contribution is 6.30. The fraction of sp³-hybridized carbons (Fsp3) is 0.400. The summed E-state index contributed by atoms with van der Waals surface area (Å²) < 4.78 is 5.07. The molecule has 0 fully saturated rings. The quantitative estimate of drug-likeness (QED) is 0.806. The molecule has 1 rings (SSSR count). The topological polar surface area (TPSA) is 35.2 Å². The summed E-state index contributed by atoms with van der Waals surface area (Å²) in [6.45, 7) is 1.24. The second-order valence-corrected chi connectivity index (χ2v) is 3.38. The van der Waals surface area contributed by atoms with Crippen molar-refractivity contribution in [2.75, 3.05) is 20.3 Å². The molecule has 1 aromatic carbocycles. The molecule has 0 aliphatic heterocycles. The second-order valence-electron chi connectivity index (χ2n) is 2.94. The first kappa shape index (κ1) is 10.5. The molecular formula is C10H14ClNO. The fourth-order valence-corrected chi connectivity index (χ4v) is 1.36. The monoisotopic (exact) mass is 199 g/mol. The van der Waals surface area contributed by atoms with Gasteiger partial charge in [0.2, 0.25) is 0 Å². The van der Waals surface area contributed by atoms with Gasteiger partial charge in [-0.05, 0) is 17.7 Å². The number of hydrogen-bond acceptors (Lipinski definition) is 2. The Balaban J connectivity index is 2.73. The van der Waals surface area contributed by atoms with Gasteiger partial charge in [-0.1, -0.05) is 23.7 Å². The molecule has 0 aliphatic carbocycles. The van der Waals surface area contributed by atoms with E-state index in [0.29, 0.717) is 13.2 Å². The molecule has 2 N–H and O–H groups in total. The zero-order chi connectivity index (χ0) is 9.68. The summed E-state index contributed by atoms with van der Waals surface area (Å²) >= 11 is 5.77. The number of rotatable bonds is 4. The van der Waals surface area contributed by atoms with E-state index in [2.05, 4.69) is 0 Å². The van der Waals surface area contributed by atoms with E-state index in [1.54, 1.807) is 7.11 Å². The van der Waals surface area contributed by atoms with Crippen LogP contribution in [0.5, 0.6) is 0 Å². The van der Waals surface area contributed by atoms with Gasteiger partial charge in [-0.25, -0.2) is 0 Å². The molecule has 0 spiro atoms. The van der Waals surface area contributed by atoms with Gasteiger partial charge in [0, 0.05) is 24.6 Å². The maximum atomic E-state index is 5.77. The van der Waals surface area contributed by atoms with Gasteiger partial charge < -0.3 is 10.5 Å². The lowest BCUT2D eigenvalue weighted by atomic mass is 10.0. The van der Waals surface area contributed by atoms with E-state index in [1.165, 1.54) is 5.56 Å². The molecule has 0 amide bonds. The van der Waals surface area contributed by atoms with Crippen LogP contribution >= 0.6 is 11.6 Å². The van der Waals surface area contributed by atoms with Crippen LogP contribution in [0.3, 0.4) is 0 Å². The summed E-state index contributed by atoms with van der Waals surface area (Å²) in [5.41, 5.74) is 6.79. The first-order chi connectivity index (χ1) is 6.27. The van der Waals surface area contributed by atoms with Crippen LogP contribution in [-0.4, -0.2) is 20.3 Å². The Morgan fingerprint density at radius 3 is 2.46 bits per heavy atom. The van der Waals surface area contributed by atoms with Crippen molar-refractivity contribution in [3.8, 4) is 0 Å². The van der Waals surface area contributed by atoms with E-state index in [0.717, 1.165) is 5.02 Å². The largest absolute Gasteiger partial charge is 0.384 e. The van der Waals surface area contributed by atoms with Crippen LogP contribution in [-0.2, 0) is 4.74 Å². The predicted molar refractivity (Wildman–Crippen MR) is 55.1 cm³/mol. The summed E-state index contributed by atoms with van der Waals surface area (Å²) in [4.78, 5) is 0. The highest BCUT2D eigenvalue weighted by Crippen LogP contribution is 2.17. The van der Waals surface area contributed by atoms with Gasteiger partial charge in [-0.3, -0.25) is 0 Å². The molecule has 0 heterocycles. The van der Waals surface area contributed by atoms with Crippen molar-refractivity contribution in [2.24, 2.45) is 5.73 Å². The van der Waals surface area contributed by atoms with Crippen LogP contribution in [0.25, 0.3) is 0 Å². The van der Waals surface area contributed by atoms with Crippen molar-refractivity contribution in [3.63, 3.8) is 0 Å². The second kappa shape index (κ2) is 5.22. The molecule has 1 aromatic rings. The lowest BCUT2D eigenvalue weighted by Crippen LogP contribution is -2.17. The van der Waals surface area contributed by atoms with Crippen LogP contribution in [0.2, 0.25) is 5.02 Å². The van der Waals surface area contributed by atoms with E-state index < -0.39 is 0 Å². The van der Waals surface area contributed by atoms with Crippen molar-refractivity contribution >= 4 is 11.6 Å². The number of benzene rings is 1. The van der Waals surface area contributed by atoms with Crippen molar-refractivity contribution in [1.29, 1.82) is 0 Å². The maximum Gasteiger partial charge on any atom is 0.0543 e. The summed E-state index contributed by atoms with van der Waals surface area (Å²) in [6.07, 6.45) is 0. The summed E-state index contributed by atoms with van der Waals surface area (Å²) in [6, 6.07) is 7.71. The molecule has 1 unspecified atom stereocenters. The number of hydrogen-bond donors (Lipinski definition) is 1. The van der Waals surface area contributed by atoms with Crippen molar-refractivity contribution in [2.45, 2.75) is 5.92 Å². The molecule has 0 saturated carbocycles. The van der Waals surface area contributed by atoms with Crippen LogP contribution in [0.4, 0.5) is 0 Å². The third-order valence-corrected chi connectivity index (χ3v) is 2.25. The Morgan fingerprint density at radius 1 is 1.38 bits per heavy atom. The lowest BCUT2D eigenvalue weighted by Gasteiger charge is -2.13. The summed E-state index contributed by atoms with van der Waals surface area (Å²) in [5.74, 6) is 0.266. The number of nitrogens with two attached hydrogens (primary N) is 1. The van der Waals surface area contributed by atoms with E-state index in [-0.39, 0.29) is 5.92 Å². The Bertz CT molecular complexity index is 248. The van der Waals surface area contributed by atoms with Crippen molar-refractivity contribution in [3.05, 3.63) is 34.9 Å². The maximum absolute atomic E-state index is 5.77. The molecule has 72 valence electrons. The van der Waals surface area contributed by atoms with E-state index in [1.807, 2.05) is 24.3 Å². The number of halogens is 1. The molecule has 0 bridgehead atoms. The van der Waals surface area contributed by atoms with Crippen molar-refractivity contribution in [1.82, 2.24) is 0 Å². The number of ether oxygens (including phenoxy) is 1. The predicted octanol–water partition coefficient (Wildman–Crippen LogP) is 2.03. The lowest BCUT2D eigenvalue weighted by molar-refractivity contribution is 0.181. The van der Waals surface area contributed by atoms with Gasteiger partial charge in [-0.15, -0.1) is 0 Å². The van der Waals surface area contributed by atoms with E-state index >= 15 is 0 Å². The Hall–Kier alpha value is -0.570. The average molecular weight is 200 g/mol. The van der Waals surface area contributed by atoms with Gasteiger partial charge in [0.25, 0.3) is 0 Å². The van der Waals surface area contributed by atoms with Crippen LogP contribution in [0, 0.1) is 0 Å². The van der Waals surface area contributed by atoms with E-state index in [9.17, 15) is 0 Å². The Morgan fingerprint density at radius 2 is 2.00 bits per heavy atom. The molecule has 3 heteroatoms. The molecule has 0 aromatic heterocycles. The minimum Gasteiger partial charge on any atom is -0.384 e. The number of methoxy groups -OCH3 is 1. The third kappa shape index (κ3) is 2.99. The van der Waals surface area contributed by atoms with Gasteiger partial charge in [0.05, 0.1) is 6.61 Å². The minimum absolute atomic E-state index is 0.266. The normalized spacial score (nSPS) is 12.8. The van der Waals surface area contributed by atoms with Crippen LogP contribution in [0.15, 0.2) is 24.3 Å². The van der Waals surface area contributed by atoms with Gasteiger partial charge in [-0.2, -0.15) is 0 Å². The highest BCUT2D eigenvalue weighted by atomic mass is 35.5. The summed E-state index contributed by atoms with van der Waals surface area (Å²) in [5, 5.41) is 0.747. The van der Waals surface area contributed by atoms with Gasteiger partial charge in [0.15, 0.2) is 0 Å². The van der Waals surface area contributed by atoms with Crippen molar-refractivity contribution < 1.29 is 4.74 Å².